The Bertz CT molecular complexity index is 678. The molecule has 27 heavy (non-hydrogen) atoms. The maximum absolute atomic E-state index is 12.8. The van der Waals surface area contributed by atoms with Crippen LogP contribution >= 0.6 is 0 Å². The van der Waals surface area contributed by atoms with Gasteiger partial charge in [0.2, 0.25) is 0 Å². The molecule has 2 fully saturated rings. The summed E-state index contributed by atoms with van der Waals surface area (Å²) in [5.74, 6) is 3.10. The quantitative estimate of drug-likeness (QED) is 0.410. The Balaban J connectivity index is 1.83. The van der Waals surface area contributed by atoms with E-state index in [1.807, 2.05) is 18.9 Å². The predicted molar refractivity (Wildman–Crippen MR) is 85.3 cm³/mol. The zero-order chi connectivity index (χ0) is 20.3. The number of fused-ring (bicyclic) bond motifs is 1. The summed E-state index contributed by atoms with van der Waals surface area (Å²) in [5, 5.41) is 19.4. The number of rotatable bonds is 2. The fraction of sp³-hybridized carbons (Fsp3) is 0.789. The second kappa shape index (κ2) is 6.15. The summed E-state index contributed by atoms with van der Waals surface area (Å²) in [7, 11) is 0. The molecule has 3 atom stereocenters. The highest BCUT2D eigenvalue weighted by atomic mass is 19.4. The first-order chi connectivity index (χ1) is 12.3. The second-order valence-electron chi connectivity index (χ2n) is 8.30. The van der Waals surface area contributed by atoms with Gasteiger partial charge in [-0.3, -0.25) is 0 Å². The van der Waals surface area contributed by atoms with Crippen LogP contribution in [-0.2, 0) is 0 Å². The summed E-state index contributed by atoms with van der Waals surface area (Å²) in [5.41, 5.74) is -4.84. The van der Waals surface area contributed by atoms with Crippen molar-refractivity contribution in [1.82, 2.24) is 0 Å². The number of aliphatic hydroxyl groups excluding tert-OH is 1. The Labute approximate surface area is 153 Å². The third kappa shape index (κ3) is 3.17. The SMILES string of the molecule is C[C@]12CCC[C@H](O)C1CC=C2C1(CC#CC(O)(C(F)(F)F)C(F)(F)F)CC1. The number of halogens is 6. The van der Waals surface area contributed by atoms with Gasteiger partial charge in [-0.25, -0.2) is 0 Å². The Morgan fingerprint density at radius 3 is 2.22 bits per heavy atom. The third-order valence-electron chi connectivity index (χ3n) is 6.61. The van der Waals surface area contributed by atoms with E-state index >= 15 is 0 Å². The molecule has 152 valence electrons. The fourth-order valence-electron chi connectivity index (χ4n) is 4.88. The number of hydrogen-bond donors (Lipinski definition) is 2. The van der Waals surface area contributed by atoms with Crippen molar-refractivity contribution in [3.63, 3.8) is 0 Å². The van der Waals surface area contributed by atoms with Crippen molar-refractivity contribution in [2.45, 2.75) is 75.9 Å². The van der Waals surface area contributed by atoms with Crippen molar-refractivity contribution in [2.24, 2.45) is 16.7 Å². The maximum Gasteiger partial charge on any atom is 0.438 e. The van der Waals surface area contributed by atoms with Gasteiger partial charge in [0.15, 0.2) is 0 Å². The summed E-state index contributed by atoms with van der Waals surface area (Å²) < 4.78 is 76.5. The van der Waals surface area contributed by atoms with Crippen molar-refractivity contribution >= 4 is 0 Å². The zero-order valence-corrected chi connectivity index (χ0v) is 14.8. The topological polar surface area (TPSA) is 40.5 Å². The Kier molecular flexibility index (Phi) is 4.68. The summed E-state index contributed by atoms with van der Waals surface area (Å²) in [6.07, 6.45) is -6.14. The molecule has 2 saturated carbocycles. The van der Waals surface area contributed by atoms with Crippen LogP contribution in [0.15, 0.2) is 11.6 Å². The molecule has 2 nitrogen and oxygen atoms in total. The average Bonchev–Trinajstić information content (AvgIpc) is 3.19. The van der Waals surface area contributed by atoms with Crippen LogP contribution in [0, 0.1) is 28.6 Å². The first kappa shape index (κ1) is 20.5. The van der Waals surface area contributed by atoms with E-state index in [2.05, 4.69) is 0 Å². The Morgan fingerprint density at radius 1 is 1.11 bits per heavy atom. The van der Waals surface area contributed by atoms with Crippen LogP contribution in [0.5, 0.6) is 0 Å². The van der Waals surface area contributed by atoms with Gasteiger partial charge in [0.1, 0.15) is 0 Å². The first-order valence-corrected chi connectivity index (χ1v) is 9.02. The molecular weight excluding hydrogens is 374 g/mol. The first-order valence-electron chi connectivity index (χ1n) is 9.02. The normalized spacial score (nSPS) is 33.0. The van der Waals surface area contributed by atoms with Gasteiger partial charge in [-0.2, -0.15) is 26.3 Å². The van der Waals surface area contributed by atoms with Crippen LogP contribution in [0.2, 0.25) is 0 Å². The lowest BCUT2D eigenvalue weighted by atomic mass is 9.62. The molecule has 1 unspecified atom stereocenters. The van der Waals surface area contributed by atoms with E-state index in [1.54, 1.807) is 0 Å². The molecule has 0 aromatic heterocycles. The van der Waals surface area contributed by atoms with Crippen LogP contribution < -0.4 is 0 Å². The molecule has 0 spiro atoms. The minimum absolute atomic E-state index is 0.0361. The molecule has 0 radical (unpaired) electrons. The minimum atomic E-state index is -5.92. The van der Waals surface area contributed by atoms with Gasteiger partial charge >= 0.3 is 18.0 Å². The van der Waals surface area contributed by atoms with Gasteiger partial charge in [0.05, 0.1) is 6.10 Å². The van der Waals surface area contributed by atoms with Gasteiger partial charge in [0.25, 0.3) is 0 Å². The lowest BCUT2D eigenvalue weighted by Crippen LogP contribution is -2.55. The van der Waals surface area contributed by atoms with E-state index in [4.69, 9.17) is 5.11 Å². The van der Waals surface area contributed by atoms with E-state index in [9.17, 15) is 31.4 Å². The van der Waals surface area contributed by atoms with Crippen LogP contribution in [-0.4, -0.2) is 34.3 Å². The Hall–Kier alpha value is -1.20. The average molecular weight is 396 g/mol. The standard InChI is InChI=1S/C19H22F6O2/c1-15-7-2-4-13(26)12(15)5-6-14(15)16(10-11-16)8-3-9-17(27,18(20,21)22)19(23,24)25/h6,12-13,26-27H,2,4-5,7-8,10-11H2,1H3/t12?,13-,15-/m0/s1. The number of aliphatic hydroxyl groups is 2. The van der Waals surface area contributed by atoms with E-state index in [0.717, 1.165) is 24.3 Å². The maximum atomic E-state index is 12.8. The molecule has 3 rings (SSSR count). The van der Waals surface area contributed by atoms with Gasteiger partial charge in [-0.1, -0.05) is 24.5 Å². The summed E-state index contributed by atoms with van der Waals surface area (Å²) in [6, 6.07) is 0. The molecule has 0 bridgehead atoms. The van der Waals surface area contributed by atoms with Gasteiger partial charge in [-0.05, 0) is 55.8 Å². The van der Waals surface area contributed by atoms with Crippen molar-refractivity contribution in [2.75, 3.05) is 0 Å². The van der Waals surface area contributed by atoms with Crippen molar-refractivity contribution < 1.29 is 36.6 Å². The second-order valence-corrected chi connectivity index (χ2v) is 8.30. The van der Waals surface area contributed by atoms with Gasteiger partial charge < -0.3 is 10.2 Å². The smallest absolute Gasteiger partial charge is 0.393 e. The van der Waals surface area contributed by atoms with E-state index < -0.39 is 29.5 Å². The van der Waals surface area contributed by atoms with Crippen LogP contribution in [0.1, 0.15) is 51.9 Å². The number of hydrogen-bond acceptors (Lipinski definition) is 2. The number of allylic oxidation sites excluding steroid dienone is 2. The molecule has 2 N–H and O–H groups in total. The highest BCUT2D eigenvalue weighted by Gasteiger charge is 2.70. The van der Waals surface area contributed by atoms with Crippen LogP contribution in [0.3, 0.4) is 0 Å². The zero-order valence-electron chi connectivity index (χ0n) is 14.8. The van der Waals surface area contributed by atoms with Gasteiger partial charge in [-0.15, -0.1) is 0 Å². The molecule has 0 aromatic carbocycles. The minimum Gasteiger partial charge on any atom is -0.393 e. The highest BCUT2D eigenvalue weighted by Crippen LogP contribution is 2.66. The van der Waals surface area contributed by atoms with Crippen molar-refractivity contribution in [3.8, 4) is 11.8 Å². The molecule has 0 heterocycles. The third-order valence-corrected chi connectivity index (χ3v) is 6.61. The van der Waals surface area contributed by atoms with E-state index in [1.165, 1.54) is 0 Å². The van der Waals surface area contributed by atoms with Gasteiger partial charge in [0, 0.05) is 11.8 Å². The molecule has 0 aromatic rings. The molecule has 0 amide bonds. The molecular formula is C19H22F6O2. The van der Waals surface area contributed by atoms with E-state index in [-0.39, 0.29) is 17.8 Å². The lowest BCUT2D eigenvalue weighted by molar-refractivity contribution is -0.343. The van der Waals surface area contributed by atoms with Crippen LogP contribution in [0.25, 0.3) is 0 Å². The van der Waals surface area contributed by atoms with Crippen molar-refractivity contribution in [1.29, 1.82) is 0 Å². The molecule has 3 aliphatic rings. The lowest BCUT2D eigenvalue weighted by Gasteiger charge is -2.44. The molecule has 3 aliphatic carbocycles. The molecule has 8 heteroatoms. The van der Waals surface area contributed by atoms with E-state index in [0.29, 0.717) is 25.7 Å². The fourth-order valence-corrected chi connectivity index (χ4v) is 4.88. The summed E-state index contributed by atoms with van der Waals surface area (Å²) >= 11 is 0. The summed E-state index contributed by atoms with van der Waals surface area (Å²) in [6.45, 7) is 2.02. The monoisotopic (exact) mass is 396 g/mol. The highest BCUT2D eigenvalue weighted by molar-refractivity contribution is 5.37. The van der Waals surface area contributed by atoms with Crippen molar-refractivity contribution in [3.05, 3.63) is 11.6 Å². The Morgan fingerprint density at radius 2 is 1.70 bits per heavy atom. The number of alkyl halides is 6. The summed E-state index contributed by atoms with van der Waals surface area (Å²) in [4.78, 5) is 0. The van der Waals surface area contributed by atoms with Crippen LogP contribution in [0.4, 0.5) is 26.3 Å². The predicted octanol–water partition coefficient (Wildman–Crippen LogP) is 4.51. The molecule has 0 aliphatic heterocycles. The largest absolute Gasteiger partial charge is 0.438 e. The molecule has 0 saturated heterocycles.